The van der Waals surface area contributed by atoms with E-state index in [4.69, 9.17) is 19.3 Å². The number of rotatable bonds is 6. The first-order valence-electron chi connectivity index (χ1n) is 10.2. The van der Waals surface area contributed by atoms with E-state index in [0.29, 0.717) is 26.2 Å². The fraction of sp³-hybridized carbons (Fsp3) is 0.391. The van der Waals surface area contributed by atoms with Crippen LogP contribution in [0.25, 0.3) is 0 Å². The summed E-state index contributed by atoms with van der Waals surface area (Å²) in [5.41, 5.74) is 2.68. The third-order valence-corrected chi connectivity index (χ3v) is 5.54. The molecule has 1 amide bonds. The van der Waals surface area contributed by atoms with E-state index in [2.05, 4.69) is 4.90 Å². The van der Waals surface area contributed by atoms with Crippen molar-refractivity contribution >= 4 is 11.6 Å². The summed E-state index contributed by atoms with van der Waals surface area (Å²) in [6, 6.07) is 15.4. The Balaban J connectivity index is 1.67. The molecule has 1 fully saturated rings. The molecule has 1 unspecified atom stereocenters. The minimum atomic E-state index is -0.227. The van der Waals surface area contributed by atoms with Crippen molar-refractivity contribution in [2.24, 2.45) is 5.10 Å². The average molecular weight is 409 g/mol. The summed E-state index contributed by atoms with van der Waals surface area (Å²) in [6.07, 6.45) is 0.593. The first kappa shape index (κ1) is 20.4. The van der Waals surface area contributed by atoms with E-state index < -0.39 is 0 Å². The molecule has 2 heterocycles. The van der Waals surface area contributed by atoms with Crippen LogP contribution in [0.3, 0.4) is 0 Å². The Bertz CT molecular complexity index is 924. The molecule has 0 aliphatic carbocycles. The molecule has 158 valence electrons. The van der Waals surface area contributed by atoms with Crippen molar-refractivity contribution in [2.75, 3.05) is 47.1 Å². The number of nitrogens with zero attached hydrogens (tertiary/aromatic N) is 3. The number of morpholine rings is 1. The molecule has 0 radical (unpaired) electrons. The van der Waals surface area contributed by atoms with Gasteiger partial charge in [-0.1, -0.05) is 30.3 Å². The quantitative estimate of drug-likeness (QED) is 0.734. The van der Waals surface area contributed by atoms with E-state index in [1.54, 1.807) is 19.2 Å². The second-order valence-corrected chi connectivity index (χ2v) is 7.34. The number of methoxy groups -OCH3 is 2. The van der Waals surface area contributed by atoms with E-state index in [1.165, 1.54) is 0 Å². The van der Waals surface area contributed by atoms with Crippen molar-refractivity contribution in [2.45, 2.75) is 12.5 Å². The molecule has 1 atom stereocenters. The summed E-state index contributed by atoms with van der Waals surface area (Å²) in [5, 5.41) is 6.39. The third kappa shape index (κ3) is 4.17. The molecule has 0 bridgehead atoms. The molecule has 4 rings (SSSR count). The lowest BCUT2D eigenvalue weighted by atomic mass is 9.97. The van der Waals surface area contributed by atoms with Crippen LogP contribution in [-0.2, 0) is 9.53 Å². The predicted molar refractivity (Wildman–Crippen MR) is 114 cm³/mol. The van der Waals surface area contributed by atoms with E-state index in [9.17, 15) is 4.79 Å². The van der Waals surface area contributed by atoms with Crippen molar-refractivity contribution in [3.63, 3.8) is 0 Å². The van der Waals surface area contributed by atoms with Crippen LogP contribution in [0.2, 0.25) is 0 Å². The zero-order valence-electron chi connectivity index (χ0n) is 17.4. The summed E-state index contributed by atoms with van der Waals surface area (Å²) in [5.74, 6) is 1.47. The number of hydrogen-bond acceptors (Lipinski definition) is 6. The van der Waals surface area contributed by atoms with Crippen LogP contribution in [0.5, 0.6) is 11.5 Å². The lowest BCUT2D eigenvalue weighted by molar-refractivity contribution is -0.135. The topological polar surface area (TPSA) is 63.6 Å². The van der Waals surface area contributed by atoms with Gasteiger partial charge in [-0.2, -0.15) is 5.10 Å². The number of ether oxygens (including phenoxy) is 3. The standard InChI is InChI=1S/C23H27N3O4/c1-28-21-9-5-3-7-17(21)19-15-20(18-8-4-6-10-22(18)29-2)26(24-19)23(27)16-25-11-13-30-14-12-25/h3-10,20H,11-16H2,1-2H3. The van der Waals surface area contributed by atoms with Crippen molar-refractivity contribution in [3.8, 4) is 11.5 Å². The first-order chi connectivity index (χ1) is 14.7. The minimum absolute atomic E-state index is 0.0299. The van der Waals surface area contributed by atoms with Crippen LogP contribution in [0, 0.1) is 0 Å². The maximum Gasteiger partial charge on any atom is 0.257 e. The predicted octanol–water partition coefficient (Wildman–Crippen LogP) is 2.71. The molecule has 30 heavy (non-hydrogen) atoms. The molecule has 0 saturated carbocycles. The average Bonchev–Trinajstić information content (AvgIpc) is 3.25. The highest BCUT2D eigenvalue weighted by atomic mass is 16.5. The van der Waals surface area contributed by atoms with E-state index >= 15 is 0 Å². The highest BCUT2D eigenvalue weighted by molar-refractivity contribution is 6.05. The van der Waals surface area contributed by atoms with E-state index in [0.717, 1.165) is 41.4 Å². The van der Waals surface area contributed by atoms with Gasteiger partial charge >= 0.3 is 0 Å². The smallest absolute Gasteiger partial charge is 0.257 e. The van der Waals surface area contributed by atoms with Crippen molar-refractivity contribution in [1.29, 1.82) is 0 Å². The second-order valence-electron chi connectivity index (χ2n) is 7.34. The van der Waals surface area contributed by atoms with Gasteiger partial charge in [0.05, 0.1) is 45.7 Å². The largest absolute Gasteiger partial charge is 0.496 e. The molecule has 2 aromatic carbocycles. The zero-order chi connectivity index (χ0) is 20.9. The number of para-hydroxylation sites is 2. The number of amides is 1. The van der Waals surface area contributed by atoms with E-state index in [1.807, 2.05) is 48.5 Å². The van der Waals surface area contributed by atoms with Crippen molar-refractivity contribution < 1.29 is 19.0 Å². The zero-order valence-corrected chi connectivity index (χ0v) is 17.4. The lowest BCUT2D eigenvalue weighted by Crippen LogP contribution is -2.43. The number of hydrogen-bond donors (Lipinski definition) is 0. The number of carbonyl (C=O) groups excluding carboxylic acids is 1. The van der Waals surface area contributed by atoms with Crippen LogP contribution in [0.1, 0.15) is 23.6 Å². The van der Waals surface area contributed by atoms with Crippen LogP contribution in [-0.4, -0.2) is 68.6 Å². The van der Waals surface area contributed by atoms with Gasteiger partial charge < -0.3 is 14.2 Å². The lowest BCUT2D eigenvalue weighted by Gasteiger charge is -2.29. The highest BCUT2D eigenvalue weighted by Crippen LogP contribution is 2.38. The number of benzene rings is 2. The molecular weight excluding hydrogens is 382 g/mol. The number of carbonyl (C=O) groups is 1. The number of hydrazone groups is 1. The SMILES string of the molecule is COc1ccccc1C1=NN(C(=O)CN2CCOCC2)C(c2ccccc2OC)C1. The fourth-order valence-electron chi connectivity index (χ4n) is 3.99. The Kier molecular flexibility index (Phi) is 6.30. The van der Waals surface area contributed by atoms with Gasteiger partial charge in [-0.05, 0) is 18.2 Å². The monoisotopic (exact) mass is 409 g/mol. The molecule has 2 aromatic rings. The Morgan fingerprint density at radius 1 is 1.03 bits per heavy atom. The second kappa shape index (κ2) is 9.28. The molecule has 0 N–H and O–H groups in total. The molecule has 7 nitrogen and oxygen atoms in total. The molecule has 2 aliphatic heterocycles. The minimum Gasteiger partial charge on any atom is -0.496 e. The molecule has 7 heteroatoms. The maximum atomic E-state index is 13.3. The van der Waals surface area contributed by atoms with Gasteiger partial charge in [-0.25, -0.2) is 5.01 Å². The van der Waals surface area contributed by atoms with Gasteiger partial charge in [0.15, 0.2) is 0 Å². The summed E-state index contributed by atoms with van der Waals surface area (Å²) in [7, 11) is 3.29. The van der Waals surface area contributed by atoms with Crippen molar-refractivity contribution in [1.82, 2.24) is 9.91 Å². The molecule has 0 spiro atoms. The fourth-order valence-corrected chi connectivity index (χ4v) is 3.99. The Labute approximate surface area is 176 Å². The van der Waals surface area contributed by atoms with Crippen molar-refractivity contribution in [3.05, 3.63) is 59.7 Å². The van der Waals surface area contributed by atoms with Gasteiger partial charge in [-0.15, -0.1) is 0 Å². The van der Waals surface area contributed by atoms with Gasteiger partial charge in [0.1, 0.15) is 11.5 Å². The normalized spacial score (nSPS) is 19.5. The first-order valence-corrected chi connectivity index (χ1v) is 10.2. The Hall–Kier alpha value is -2.90. The highest BCUT2D eigenvalue weighted by Gasteiger charge is 2.36. The van der Waals surface area contributed by atoms with Crippen LogP contribution in [0.15, 0.2) is 53.6 Å². The van der Waals surface area contributed by atoms with Gasteiger partial charge in [0, 0.05) is 30.6 Å². The third-order valence-electron chi connectivity index (χ3n) is 5.54. The molecular formula is C23H27N3O4. The van der Waals surface area contributed by atoms with Gasteiger partial charge in [0.25, 0.3) is 5.91 Å². The summed E-state index contributed by atoms with van der Waals surface area (Å²) in [4.78, 5) is 15.4. The summed E-state index contributed by atoms with van der Waals surface area (Å²) >= 11 is 0. The van der Waals surface area contributed by atoms with Crippen LogP contribution >= 0.6 is 0 Å². The van der Waals surface area contributed by atoms with Crippen LogP contribution in [0.4, 0.5) is 0 Å². The van der Waals surface area contributed by atoms with E-state index in [-0.39, 0.29) is 11.9 Å². The van der Waals surface area contributed by atoms with Gasteiger partial charge in [0.2, 0.25) is 0 Å². The Morgan fingerprint density at radius 2 is 1.70 bits per heavy atom. The molecule has 2 aliphatic rings. The maximum absolute atomic E-state index is 13.3. The summed E-state index contributed by atoms with van der Waals surface area (Å²) in [6.45, 7) is 3.12. The van der Waals surface area contributed by atoms with Crippen LogP contribution < -0.4 is 9.47 Å². The van der Waals surface area contributed by atoms with Gasteiger partial charge in [-0.3, -0.25) is 9.69 Å². The molecule has 1 saturated heterocycles. The Morgan fingerprint density at radius 3 is 2.43 bits per heavy atom. The summed E-state index contributed by atoms with van der Waals surface area (Å²) < 4.78 is 16.5. The molecule has 0 aromatic heterocycles.